The lowest BCUT2D eigenvalue weighted by Crippen LogP contribution is -2.27. The second-order valence-electron chi connectivity index (χ2n) is 9.08. The van der Waals surface area contributed by atoms with E-state index in [0.717, 1.165) is 30.5 Å². The number of pyridine rings is 1. The fourth-order valence-electron chi connectivity index (χ4n) is 3.77. The van der Waals surface area contributed by atoms with Gasteiger partial charge in [-0.3, -0.25) is 4.79 Å². The molecule has 9 heteroatoms. The van der Waals surface area contributed by atoms with Gasteiger partial charge in [-0.1, -0.05) is 20.8 Å². The van der Waals surface area contributed by atoms with E-state index in [1.807, 2.05) is 6.07 Å². The SMILES string of the molecule is CC(C)(C)C1CCc2nc(SCCC(=O)Nc3ccc(S(N)(=O)=O)cc3)c(C#N)cc2C1. The van der Waals surface area contributed by atoms with Crippen molar-refractivity contribution in [3.8, 4) is 6.07 Å². The molecule has 32 heavy (non-hydrogen) atoms. The summed E-state index contributed by atoms with van der Waals surface area (Å²) in [5.74, 6) is 0.849. The van der Waals surface area contributed by atoms with Crippen LogP contribution in [-0.2, 0) is 27.7 Å². The molecule has 1 aromatic heterocycles. The van der Waals surface area contributed by atoms with Crippen LogP contribution in [0.25, 0.3) is 0 Å². The molecule has 0 saturated heterocycles. The second-order valence-corrected chi connectivity index (χ2v) is 11.7. The number of nitrogens with one attached hydrogen (secondary N) is 1. The average molecular weight is 473 g/mol. The third kappa shape index (κ3) is 6.09. The molecule has 3 N–H and O–H groups in total. The van der Waals surface area contributed by atoms with Crippen molar-refractivity contribution in [3.05, 3.63) is 47.2 Å². The third-order valence-electron chi connectivity index (χ3n) is 5.73. The number of aromatic nitrogens is 1. The maximum absolute atomic E-state index is 12.2. The van der Waals surface area contributed by atoms with Gasteiger partial charge in [-0.2, -0.15) is 5.26 Å². The largest absolute Gasteiger partial charge is 0.326 e. The van der Waals surface area contributed by atoms with Crippen LogP contribution >= 0.6 is 11.8 Å². The van der Waals surface area contributed by atoms with E-state index in [2.05, 4.69) is 32.2 Å². The van der Waals surface area contributed by atoms with Crippen molar-refractivity contribution in [3.63, 3.8) is 0 Å². The van der Waals surface area contributed by atoms with E-state index < -0.39 is 10.0 Å². The summed E-state index contributed by atoms with van der Waals surface area (Å²) in [5.41, 5.74) is 3.50. The molecule has 0 saturated carbocycles. The Morgan fingerprint density at radius 3 is 2.59 bits per heavy atom. The van der Waals surface area contributed by atoms with Gasteiger partial charge in [0.15, 0.2) is 0 Å². The Balaban J connectivity index is 1.59. The number of carbonyl (C=O) groups excluding carboxylic acids is 1. The van der Waals surface area contributed by atoms with Crippen LogP contribution in [0, 0.1) is 22.7 Å². The molecule has 2 aromatic rings. The number of rotatable bonds is 6. The van der Waals surface area contributed by atoms with Crippen LogP contribution in [0.3, 0.4) is 0 Å². The second kappa shape index (κ2) is 9.61. The molecule has 1 atom stereocenters. The first-order chi connectivity index (χ1) is 15.0. The van der Waals surface area contributed by atoms with Gasteiger partial charge in [0.2, 0.25) is 15.9 Å². The summed E-state index contributed by atoms with van der Waals surface area (Å²) >= 11 is 1.41. The van der Waals surface area contributed by atoms with Crippen molar-refractivity contribution in [2.24, 2.45) is 16.5 Å². The number of thioether (sulfide) groups is 1. The third-order valence-corrected chi connectivity index (χ3v) is 7.65. The summed E-state index contributed by atoms with van der Waals surface area (Å²) in [6.07, 6.45) is 3.17. The quantitative estimate of drug-likeness (QED) is 0.615. The van der Waals surface area contributed by atoms with Crippen molar-refractivity contribution in [2.45, 2.75) is 56.4 Å². The van der Waals surface area contributed by atoms with Crippen LogP contribution < -0.4 is 10.5 Å². The molecule has 1 amide bonds. The number of primary sulfonamides is 1. The summed E-state index contributed by atoms with van der Waals surface area (Å²) in [6, 6.07) is 9.90. The van der Waals surface area contributed by atoms with Gasteiger partial charge in [-0.15, -0.1) is 11.8 Å². The summed E-state index contributed by atoms with van der Waals surface area (Å²) in [7, 11) is -3.77. The summed E-state index contributed by atoms with van der Waals surface area (Å²) in [6.45, 7) is 6.76. The van der Waals surface area contributed by atoms with Crippen molar-refractivity contribution in [2.75, 3.05) is 11.1 Å². The average Bonchev–Trinajstić information content (AvgIpc) is 2.71. The molecule has 7 nitrogen and oxygen atoms in total. The summed E-state index contributed by atoms with van der Waals surface area (Å²) in [5, 5.41) is 18.1. The van der Waals surface area contributed by atoms with Crippen LogP contribution in [0.5, 0.6) is 0 Å². The molecule has 1 unspecified atom stereocenters. The van der Waals surface area contributed by atoms with Gasteiger partial charge in [-0.25, -0.2) is 18.5 Å². The first kappa shape index (κ1) is 24.2. The molecular formula is C23H28N4O3S2. The van der Waals surface area contributed by atoms with Crippen molar-refractivity contribution >= 4 is 33.4 Å². The molecule has 0 aliphatic heterocycles. The fraction of sp³-hybridized carbons (Fsp3) is 0.435. The molecular weight excluding hydrogens is 444 g/mol. The predicted octanol–water partition coefficient (Wildman–Crippen LogP) is 3.87. The highest BCUT2D eigenvalue weighted by molar-refractivity contribution is 7.99. The van der Waals surface area contributed by atoms with E-state index in [1.165, 1.54) is 36.0 Å². The Kier molecular flexibility index (Phi) is 7.28. The normalized spacial score (nSPS) is 16.2. The highest BCUT2D eigenvalue weighted by Gasteiger charge is 2.30. The minimum absolute atomic E-state index is 0.0117. The van der Waals surface area contributed by atoms with Crippen molar-refractivity contribution in [1.29, 1.82) is 5.26 Å². The smallest absolute Gasteiger partial charge is 0.238 e. The van der Waals surface area contributed by atoms with Gasteiger partial charge in [0.25, 0.3) is 0 Å². The first-order valence-electron chi connectivity index (χ1n) is 10.5. The number of benzene rings is 1. The van der Waals surface area contributed by atoms with E-state index in [0.29, 0.717) is 27.9 Å². The molecule has 170 valence electrons. The van der Waals surface area contributed by atoms with Gasteiger partial charge in [0.05, 0.1) is 10.5 Å². The number of nitrogens with two attached hydrogens (primary N) is 1. The number of sulfonamides is 1. The number of anilines is 1. The monoisotopic (exact) mass is 472 g/mol. The lowest BCUT2D eigenvalue weighted by atomic mass is 9.71. The first-order valence-corrected chi connectivity index (χ1v) is 13.0. The number of hydrogen-bond donors (Lipinski definition) is 2. The molecule has 0 fully saturated rings. The summed E-state index contributed by atoms with van der Waals surface area (Å²) < 4.78 is 22.6. The van der Waals surface area contributed by atoms with E-state index in [-0.39, 0.29) is 22.6 Å². The van der Waals surface area contributed by atoms with E-state index in [4.69, 9.17) is 10.1 Å². The van der Waals surface area contributed by atoms with Crippen LogP contribution in [-0.4, -0.2) is 25.1 Å². The van der Waals surface area contributed by atoms with Gasteiger partial charge >= 0.3 is 0 Å². The molecule has 0 radical (unpaired) electrons. The number of fused-ring (bicyclic) bond motifs is 1. The van der Waals surface area contributed by atoms with Gasteiger partial charge < -0.3 is 5.32 Å². The number of aryl methyl sites for hydroxylation is 1. The summed E-state index contributed by atoms with van der Waals surface area (Å²) in [4.78, 5) is 17.0. The zero-order chi connectivity index (χ0) is 23.5. The Bertz CT molecular complexity index is 1150. The maximum Gasteiger partial charge on any atom is 0.238 e. The van der Waals surface area contributed by atoms with Gasteiger partial charge in [0.1, 0.15) is 11.1 Å². The number of hydrogen-bond acceptors (Lipinski definition) is 6. The van der Waals surface area contributed by atoms with Gasteiger partial charge in [-0.05, 0) is 66.5 Å². The van der Waals surface area contributed by atoms with E-state index >= 15 is 0 Å². The standard InChI is InChI=1S/C23H28N4O3S2/c1-23(2,3)17-4-9-20-15(13-17)12-16(14-24)22(27-20)31-11-10-21(28)26-18-5-7-19(8-6-18)32(25,29)30/h5-8,12,17H,4,9-11,13H2,1-3H3,(H,26,28)(H2,25,29,30). The molecule has 1 aromatic carbocycles. The van der Waals surface area contributed by atoms with Crippen LogP contribution in [0.2, 0.25) is 0 Å². The number of nitrogens with zero attached hydrogens (tertiary/aromatic N) is 2. The molecule has 1 aliphatic carbocycles. The highest BCUT2D eigenvalue weighted by atomic mass is 32.2. The van der Waals surface area contributed by atoms with Crippen molar-refractivity contribution < 1.29 is 13.2 Å². The zero-order valence-electron chi connectivity index (χ0n) is 18.5. The van der Waals surface area contributed by atoms with E-state index in [9.17, 15) is 18.5 Å². The molecule has 1 heterocycles. The predicted molar refractivity (Wildman–Crippen MR) is 126 cm³/mol. The Hall–Kier alpha value is -2.41. The van der Waals surface area contributed by atoms with Gasteiger partial charge in [0, 0.05) is 23.6 Å². The van der Waals surface area contributed by atoms with Crippen LogP contribution in [0.4, 0.5) is 5.69 Å². The number of nitriles is 1. The zero-order valence-corrected chi connectivity index (χ0v) is 20.1. The Labute approximate surface area is 193 Å². The maximum atomic E-state index is 12.2. The number of amides is 1. The minimum Gasteiger partial charge on any atom is -0.326 e. The topological polar surface area (TPSA) is 126 Å². The highest BCUT2D eigenvalue weighted by Crippen LogP contribution is 2.38. The van der Waals surface area contributed by atoms with Crippen LogP contribution in [0.1, 0.15) is 50.4 Å². The lowest BCUT2D eigenvalue weighted by Gasteiger charge is -2.34. The molecule has 0 spiro atoms. The van der Waals surface area contributed by atoms with E-state index in [1.54, 1.807) is 0 Å². The Morgan fingerprint density at radius 2 is 2.00 bits per heavy atom. The molecule has 3 rings (SSSR count). The fourth-order valence-corrected chi connectivity index (χ4v) is 5.20. The minimum atomic E-state index is -3.77. The van der Waals surface area contributed by atoms with Crippen LogP contribution in [0.15, 0.2) is 40.3 Å². The Morgan fingerprint density at radius 1 is 1.31 bits per heavy atom. The molecule has 1 aliphatic rings. The molecule has 0 bridgehead atoms. The number of carbonyl (C=O) groups is 1. The lowest BCUT2D eigenvalue weighted by molar-refractivity contribution is -0.115. The van der Waals surface area contributed by atoms with Crippen molar-refractivity contribution in [1.82, 2.24) is 4.98 Å².